The van der Waals surface area contributed by atoms with Gasteiger partial charge in [0.25, 0.3) is 11.6 Å². The Balaban J connectivity index is 2.24. The van der Waals surface area contributed by atoms with E-state index in [2.05, 4.69) is 15.6 Å². The predicted octanol–water partition coefficient (Wildman–Crippen LogP) is 2.30. The molecule has 1 N–H and O–H groups in total. The third-order valence-corrected chi connectivity index (χ3v) is 3.75. The summed E-state index contributed by atoms with van der Waals surface area (Å²) in [6.45, 7) is 5.30. The van der Waals surface area contributed by atoms with Crippen LogP contribution < -0.4 is 5.43 Å². The highest BCUT2D eigenvalue weighted by molar-refractivity contribution is 7.99. The topological polar surface area (TPSA) is 103 Å². The van der Waals surface area contributed by atoms with Crippen LogP contribution in [0.5, 0.6) is 0 Å². The lowest BCUT2D eigenvalue weighted by molar-refractivity contribution is -0.385. The molecule has 0 saturated heterocycles. The van der Waals surface area contributed by atoms with E-state index in [1.807, 2.05) is 6.92 Å². The van der Waals surface area contributed by atoms with Crippen molar-refractivity contribution >= 4 is 23.4 Å². The maximum atomic E-state index is 12.3. The van der Waals surface area contributed by atoms with Crippen molar-refractivity contribution in [2.24, 2.45) is 0 Å². The molecule has 116 valence electrons. The van der Waals surface area contributed by atoms with Gasteiger partial charge in [-0.05, 0) is 31.7 Å². The smallest absolute Gasteiger partial charge is 0.267 e. The monoisotopic (exact) mass is 321 g/mol. The first-order chi connectivity index (χ1) is 10.4. The van der Waals surface area contributed by atoms with Gasteiger partial charge in [-0.25, -0.2) is 4.68 Å². The lowest BCUT2D eigenvalue weighted by Crippen LogP contribution is -2.24. The fourth-order valence-corrected chi connectivity index (χ4v) is 2.53. The summed E-state index contributed by atoms with van der Waals surface area (Å²) in [5, 5.41) is 19.3. The van der Waals surface area contributed by atoms with Gasteiger partial charge in [-0.1, -0.05) is 18.7 Å². The van der Waals surface area contributed by atoms with Gasteiger partial charge in [0, 0.05) is 17.2 Å². The number of carbonyl (C=O) groups is 1. The van der Waals surface area contributed by atoms with Crippen LogP contribution in [0.3, 0.4) is 0 Å². The number of nitro groups is 1. The molecule has 1 aromatic carbocycles. The molecule has 0 radical (unpaired) electrons. The number of rotatable bonds is 5. The molecular formula is C13H15N5O3S. The minimum absolute atomic E-state index is 0.0146. The van der Waals surface area contributed by atoms with Crippen LogP contribution in [0.1, 0.15) is 28.7 Å². The SMILES string of the molecule is CCSc1nnc(C)n1NC(=O)c1ccc([N+](=O)[O-])c(C)c1. The summed E-state index contributed by atoms with van der Waals surface area (Å²) >= 11 is 1.45. The van der Waals surface area contributed by atoms with Gasteiger partial charge in [-0.15, -0.1) is 10.2 Å². The fraction of sp³-hybridized carbons (Fsp3) is 0.308. The van der Waals surface area contributed by atoms with Gasteiger partial charge in [0.1, 0.15) is 5.82 Å². The first kappa shape index (κ1) is 16.0. The Kier molecular flexibility index (Phi) is 4.76. The third-order valence-electron chi connectivity index (χ3n) is 2.94. The van der Waals surface area contributed by atoms with Gasteiger partial charge in [0.2, 0.25) is 5.16 Å². The van der Waals surface area contributed by atoms with E-state index in [1.54, 1.807) is 13.8 Å². The molecule has 0 aliphatic heterocycles. The lowest BCUT2D eigenvalue weighted by Gasteiger charge is -2.10. The first-order valence-corrected chi connectivity index (χ1v) is 7.53. The van der Waals surface area contributed by atoms with Crippen LogP contribution in [0.2, 0.25) is 0 Å². The quantitative estimate of drug-likeness (QED) is 0.515. The number of benzene rings is 1. The van der Waals surface area contributed by atoms with E-state index >= 15 is 0 Å². The molecular weight excluding hydrogens is 306 g/mol. The number of aryl methyl sites for hydroxylation is 2. The molecule has 22 heavy (non-hydrogen) atoms. The zero-order chi connectivity index (χ0) is 16.3. The molecule has 0 aliphatic rings. The number of thioether (sulfide) groups is 1. The highest BCUT2D eigenvalue weighted by Crippen LogP contribution is 2.19. The summed E-state index contributed by atoms with van der Waals surface area (Å²) in [7, 11) is 0. The summed E-state index contributed by atoms with van der Waals surface area (Å²) in [6.07, 6.45) is 0. The largest absolute Gasteiger partial charge is 0.272 e. The number of carbonyl (C=O) groups excluding carboxylic acids is 1. The zero-order valence-corrected chi connectivity index (χ0v) is 13.2. The number of aromatic nitrogens is 3. The van der Waals surface area contributed by atoms with Gasteiger partial charge in [0.15, 0.2) is 0 Å². The molecule has 0 fully saturated rings. The van der Waals surface area contributed by atoms with Gasteiger partial charge in [-0.3, -0.25) is 20.3 Å². The van der Waals surface area contributed by atoms with Crippen molar-refractivity contribution in [1.29, 1.82) is 0 Å². The van der Waals surface area contributed by atoms with Crippen LogP contribution in [-0.2, 0) is 0 Å². The first-order valence-electron chi connectivity index (χ1n) is 6.55. The third kappa shape index (κ3) is 3.25. The lowest BCUT2D eigenvalue weighted by atomic mass is 10.1. The molecule has 0 unspecified atom stereocenters. The molecule has 1 heterocycles. The number of hydrogen-bond donors (Lipinski definition) is 1. The van der Waals surface area contributed by atoms with E-state index in [1.165, 1.54) is 34.6 Å². The minimum Gasteiger partial charge on any atom is -0.267 e. The number of nitro benzene ring substituents is 1. The molecule has 0 aliphatic carbocycles. The summed E-state index contributed by atoms with van der Waals surface area (Å²) in [6, 6.07) is 4.23. The van der Waals surface area contributed by atoms with Gasteiger partial charge in [0.05, 0.1) is 4.92 Å². The fourth-order valence-electron chi connectivity index (χ4n) is 1.86. The number of nitrogens with one attached hydrogen (secondary N) is 1. The summed E-state index contributed by atoms with van der Waals surface area (Å²) < 4.78 is 1.51. The number of hydrogen-bond acceptors (Lipinski definition) is 6. The molecule has 0 atom stereocenters. The average molecular weight is 321 g/mol. The Hall–Kier alpha value is -2.42. The molecule has 0 spiro atoms. The number of nitrogens with zero attached hydrogens (tertiary/aromatic N) is 4. The molecule has 2 aromatic rings. The van der Waals surface area contributed by atoms with E-state index in [0.717, 1.165) is 5.75 Å². The minimum atomic E-state index is -0.475. The van der Waals surface area contributed by atoms with Crippen LogP contribution in [0, 0.1) is 24.0 Å². The van der Waals surface area contributed by atoms with E-state index in [9.17, 15) is 14.9 Å². The Morgan fingerprint density at radius 3 is 2.73 bits per heavy atom. The standard InChI is InChI=1S/C13H15N5O3S/c1-4-22-13-15-14-9(3)17(13)16-12(19)10-5-6-11(18(20)21)8(2)7-10/h5-7H,4H2,1-3H3,(H,16,19). The average Bonchev–Trinajstić information content (AvgIpc) is 2.80. The van der Waals surface area contributed by atoms with Crippen LogP contribution in [0.25, 0.3) is 0 Å². The van der Waals surface area contributed by atoms with Crippen molar-refractivity contribution in [2.45, 2.75) is 25.9 Å². The molecule has 1 amide bonds. The highest BCUT2D eigenvalue weighted by Gasteiger charge is 2.16. The molecule has 1 aromatic heterocycles. The maximum Gasteiger partial charge on any atom is 0.272 e. The molecule has 9 heteroatoms. The number of amides is 1. The molecule has 2 rings (SSSR count). The van der Waals surface area contributed by atoms with Crippen LogP contribution in [0.4, 0.5) is 5.69 Å². The van der Waals surface area contributed by atoms with Gasteiger partial charge >= 0.3 is 0 Å². The second-order valence-electron chi connectivity index (χ2n) is 4.50. The second-order valence-corrected chi connectivity index (χ2v) is 5.73. The Morgan fingerprint density at radius 1 is 1.41 bits per heavy atom. The Bertz CT molecular complexity index is 728. The predicted molar refractivity (Wildman–Crippen MR) is 82.7 cm³/mol. The normalized spacial score (nSPS) is 10.5. The van der Waals surface area contributed by atoms with Crippen LogP contribution in [0.15, 0.2) is 23.4 Å². The van der Waals surface area contributed by atoms with Gasteiger partial charge < -0.3 is 0 Å². The van der Waals surface area contributed by atoms with Crippen LogP contribution >= 0.6 is 11.8 Å². The van der Waals surface area contributed by atoms with E-state index in [0.29, 0.717) is 22.1 Å². The van der Waals surface area contributed by atoms with Crippen LogP contribution in [-0.4, -0.2) is 31.5 Å². The molecule has 0 saturated carbocycles. The summed E-state index contributed by atoms with van der Waals surface area (Å²) in [5.41, 5.74) is 3.45. The van der Waals surface area contributed by atoms with E-state index < -0.39 is 4.92 Å². The second kappa shape index (κ2) is 6.56. The Labute approximate surface area is 131 Å². The van der Waals surface area contributed by atoms with E-state index in [-0.39, 0.29) is 11.6 Å². The van der Waals surface area contributed by atoms with Crippen molar-refractivity contribution in [3.63, 3.8) is 0 Å². The van der Waals surface area contributed by atoms with Crippen molar-refractivity contribution in [3.05, 3.63) is 45.3 Å². The van der Waals surface area contributed by atoms with Crippen molar-refractivity contribution in [2.75, 3.05) is 11.2 Å². The van der Waals surface area contributed by atoms with Crippen molar-refractivity contribution in [3.8, 4) is 0 Å². The van der Waals surface area contributed by atoms with E-state index in [4.69, 9.17) is 0 Å². The molecule has 0 bridgehead atoms. The maximum absolute atomic E-state index is 12.3. The molecule has 8 nitrogen and oxygen atoms in total. The zero-order valence-electron chi connectivity index (χ0n) is 12.4. The summed E-state index contributed by atoms with van der Waals surface area (Å²) in [5.74, 6) is 0.978. The Morgan fingerprint density at radius 2 is 2.14 bits per heavy atom. The van der Waals surface area contributed by atoms with Crippen molar-refractivity contribution in [1.82, 2.24) is 14.9 Å². The summed E-state index contributed by atoms with van der Waals surface area (Å²) in [4.78, 5) is 22.6. The van der Waals surface area contributed by atoms with Crippen molar-refractivity contribution < 1.29 is 9.72 Å². The van der Waals surface area contributed by atoms with Gasteiger partial charge in [-0.2, -0.15) is 0 Å². The highest BCUT2D eigenvalue weighted by atomic mass is 32.2.